The molecule has 4 aliphatic rings. The van der Waals surface area contributed by atoms with Gasteiger partial charge in [-0.1, -0.05) is 0 Å². The molecule has 0 atom stereocenters. The first-order valence-electron chi connectivity index (χ1n) is 7.71. The summed E-state index contributed by atoms with van der Waals surface area (Å²) < 4.78 is 0. The third kappa shape index (κ3) is 4.56. The Morgan fingerprint density at radius 2 is 1.42 bits per heavy atom. The number of ketones is 2. The van der Waals surface area contributed by atoms with Gasteiger partial charge < -0.3 is 30.6 Å². The van der Waals surface area contributed by atoms with Gasteiger partial charge in [0.25, 0.3) is 5.97 Å². The summed E-state index contributed by atoms with van der Waals surface area (Å²) in [5, 5.41) is 14.8. The molecule has 0 unspecified atom stereocenters. The summed E-state index contributed by atoms with van der Waals surface area (Å²) in [6, 6.07) is 0. The summed E-state index contributed by atoms with van der Waals surface area (Å²) in [5.41, 5.74) is 6.29. The standard InChI is InChI=1S/C12H13N3O2.C2H4O2.CH5NO/c16-9-7-8(13-1-2-13)12(17)11(15-5-6-15)10(9)14-3-4-14;1-2(3)4;2-1-3/h7H,1-6H2;1H3,(H,3,4);3H,1-2H2. The predicted octanol–water partition coefficient (Wildman–Crippen LogP) is -1.83. The number of nitrogens with zero attached hydrogens (tertiary/aromatic N) is 3. The third-order valence-electron chi connectivity index (χ3n) is 3.49. The van der Waals surface area contributed by atoms with Gasteiger partial charge in [-0.2, -0.15) is 0 Å². The fraction of sp³-hybridized carbons (Fsp3) is 0.533. The van der Waals surface area contributed by atoms with Crippen molar-refractivity contribution in [3.05, 3.63) is 23.2 Å². The van der Waals surface area contributed by atoms with Crippen LogP contribution in [0.2, 0.25) is 0 Å². The van der Waals surface area contributed by atoms with E-state index < -0.39 is 5.97 Å². The van der Waals surface area contributed by atoms with E-state index in [9.17, 15) is 9.59 Å². The minimum Gasteiger partial charge on any atom is -0.481 e. The highest BCUT2D eigenvalue weighted by molar-refractivity contribution is 6.22. The van der Waals surface area contributed by atoms with E-state index in [-0.39, 0.29) is 18.3 Å². The first kappa shape index (κ1) is 18.0. The SMILES string of the molecule is CC(=O)O.NCO.O=C1C=C(N2CC2)C(=O)C(N2CC2)=C1N1CC1. The van der Waals surface area contributed by atoms with Crippen molar-refractivity contribution in [2.45, 2.75) is 6.92 Å². The van der Waals surface area contributed by atoms with E-state index >= 15 is 0 Å². The number of carboxylic acids is 1. The lowest BCUT2D eigenvalue weighted by Gasteiger charge is -2.21. The number of aliphatic carboxylic acids is 1. The first-order chi connectivity index (χ1) is 11.4. The number of carbonyl (C=O) groups is 3. The maximum absolute atomic E-state index is 12.4. The summed E-state index contributed by atoms with van der Waals surface area (Å²) >= 11 is 0. The van der Waals surface area contributed by atoms with E-state index in [1.807, 2.05) is 14.7 Å². The second-order valence-electron chi connectivity index (χ2n) is 5.58. The Morgan fingerprint density at radius 3 is 1.79 bits per heavy atom. The van der Waals surface area contributed by atoms with Crippen molar-refractivity contribution in [1.29, 1.82) is 0 Å². The molecule has 0 spiro atoms. The molecule has 4 rings (SSSR count). The van der Waals surface area contributed by atoms with E-state index in [1.54, 1.807) is 0 Å². The Bertz CT molecular complexity index is 597. The Balaban J connectivity index is 0.000000259. The van der Waals surface area contributed by atoms with Gasteiger partial charge in [-0.15, -0.1) is 0 Å². The largest absolute Gasteiger partial charge is 0.481 e. The quantitative estimate of drug-likeness (QED) is 0.309. The number of aliphatic hydroxyl groups is 1. The third-order valence-corrected chi connectivity index (χ3v) is 3.49. The zero-order chi connectivity index (χ0) is 17.9. The Morgan fingerprint density at radius 1 is 1.04 bits per heavy atom. The van der Waals surface area contributed by atoms with E-state index in [1.165, 1.54) is 6.08 Å². The number of carbonyl (C=O) groups excluding carboxylic acids is 2. The van der Waals surface area contributed by atoms with Crippen LogP contribution in [0.1, 0.15) is 6.92 Å². The summed E-state index contributed by atoms with van der Waals surface area (Å²) in [5.74, 6) is -0.785. The van der Waals surface area contributed by atoms with Crippen molar-refractivity contribution in [2.75, 3.05) is 46.0 Å². The molecule has 9 heteroatoms. The molecule has 3 heterocycles. The Kier molecular flexibility index (Phi) is 5.58. The topological polar surface area (TPSA) is 127 Å². The molecule has 3 fully saturated rings. The van der Waals surface area contributed by atoms with Gasteiger partial charge in [0, 0.05) is 52.3 Å². The summed E-state index contributed by atoms with van der Waals surface area (Å²) in [6.07, 6.45) is 1.52. The molecule has 132 valence electrons. The Labute approximate surface area is 139 Å². The van der Waals surface area contributed by atoms with Crippen LogP contribution in [0.25, 0.3) is 0 Å². The lowest BCUT2D eigenvalue weighted by atomic mass is 10.0. The maximum Gasteiger partial charge on any atom is 0.300 e. The second-order valence-corrected chi connectivity index (χ2v) is 5.58. The number of hydrogen-bond acceptors (Lipinski definition) is 8. The van der Waals surface area contributed by atoms with Gasteiger partial charge in [-0.25, -0.2) is 0 Å². The van der Waals surface area contributed by atoms with Crippen molar-refractivity contribution in [3.8, 4) is 0 Å². The molecule has 0 saturated carbocycles. The lowest BCUT2D eigenvalue weighted by molar-refractivity contribution is -0.134. The number of allylic oxidation sites excluding steroid dienone is 1. The van der Waals surface area contributed by atoms with Crippen molar-refractivity contribution >= 4 is 17.5 Å². The monoisotopic (exact) mass is 338 g/mol. The summed E-state index contributed by atoms with van der Waals surface area (Å²) in [7, 11) is 0. The van der Waals surface area contributed by atoms with Gasteiger partial charge in [0.15, 0.2) is 0 Å². The second kappa shape index (κ2) is 7.45. The normalized spacial score (nSPS) is 20.6. The van der Waals surface area contributed by atoms with Gasteiger partial charge >= 0.3 is 0 Å². The van der Waals surface area contributed by atoms with Crippen LogP contribution in [0, 0.1) is 0 Å². The van der Waals surface area contributed by atoms with Crippen LogP contribution < -0.4 is 5.73 Å². The van der Waals surface area contributed by atoms with E-state index in [0.717, 1.165) is 46.2 Å². The molecule has 9 nitrogen and oxygen atoms in total. The van der Waals surface area contributed by atoms with Gasteiger partial charge in [0.1, 0.15) is 11.4 Å². The van der Waals surface area contributed by atoms with Crippen molar-refractivity contribution in [2.24, 2.45) is 5.73 Å². The molecular formula is C15H22N4O5. The molecule has 3 aliphatic heterocycles. The van der Waals surface area contributed by atoms with Crippen LogP contribution >= 0.6 is 0 Å². The van der Waals surface area contributed by atoms with Crippen LogP contribution in [0.15, 0.2) is 23.2 Å². The minimum absolute atomic E-state index is 0.00546. The van der Waals surface area contributed by atoms with Gasteiger partial charge in [0.2, 0.25) is 11.6 Å². The van der Waals surface area contributed by atoms with Crippen molar-refractivity contribution < 1.29 is 24.6 Å². The zero-order valence-electron chi connectivity index (χ0n) is 13.6. The molecule has 0 radical (unpaired) electrons. The van der Waals surface area contributed by atoms with Crippen LogP contribution in [-0.2, 0) is 14.4 Å². The number of nitrogens with two attached hydrogens (primary N) is 1. The predicted molar refractivity (Wildman–Crippen MR) is 84.4 cm³/mol. The number of rotatable bonds is 3. The van der Waals surface area contributed by atoms with Gasteiger partial charge in [-0.3, -0.25) is 14.4 Å². The molecule has 3 saturated heterocycles. The molecular weight excluding hydrogens is 316 g/mol. The maximum atomic E-state index is 12.4. The fourth-order valence-electron chi connectivity index (χ4n) is 2.28. The molecule has 0 bridgehead atoms. The lowest BCUT2D eigenvalue weighted by Crippen LogP contribution is -2.29. The summed E-state index contributed by atoms with van der Waals surface area (Å²) in [6.45, 7) is 6.24. The molecule has 24 heavy (non-hydrogen) atoms. The van der Waals surface area contributed by atoms with Crippen LogP contribution in [0.3, 0.4) is 0 Å². The Hall–Kier alpha value is -2.39. The smallest absolute Gasteiger partial charge is 0.300 e. The molecule has 0 amide bonds. The number of Topliss-reactive ketones (excluding diaryl/α,β-unsaturated/α-hetero) is 1. The average Bonchev–Trinajstić information content (AvgIpc) is 3.37. The average molecular weight is 338 g/mol. The molecule has 1 aliphatic carbocycles. The first-order valence-corrected chi connectivity index (χ1v) is 7.71. The highest BCUT2D eigenvalue weighted by atomic mass is 16.4. The van der Waals surface area contributed by atoms with E-state index in [0.29, 0.717) is 17.1 Å². The summed E-state index contributed by atoms with van der Waals surface area (Å²) in [4.78, 5) is 39.5. The number of hydrogen-bond donors (Lipinski definition) is 3. The minimum atomic E-state index is -0.833. The highest BCUT2D eigenvalue weighted by Gasteiger charge is 2.43. The van der Waals surface area contributed by atoms with Gasteiger partial charge in [-0.05, 0) is 0 Å². The van der Waals surface area contributed by atoms with E-state index in [4.69, 9.17) is 15.0 Å². The van der Waals surface area contributed by atoms with Gasteiger partial charge in [0.05, 0.1) is 12.4 Å². The fourth-order valence-corrected chi connectivity index (χ4v) is 2.28. The van der Waals surface area contributed by atoms with Crippen LogP contribution in [0.4, 0.5) is 0 Å². The molecule has 0 aromatic heterocycles. The van der Waals surface area contributed by atoms with E-state index in [2.05, 4.69) is 5.73 Å². The van der Waals surface area contributed by atoms with Crippen LogP contribution in [0.5, 0.6) is 0 Å². The number of carboxylic acid groups (broad SMARTS) is 1. The van der Waals surface area contributed by atoms with Crippen LogP contribution in [-0.4, -0.2) is 88.4 Å². The molecule has 0 aromatic carbocycles. The van der Waals surface area contributed by atoms with Crippen molar-refractivity contribution in [1.82, 2.24) is 14.7 Å². The number of aliphatic hydroxyl groups excluding tert-OH is 1. The zero-order valence-corrected chi connectivity index (χ0v) is 13.6. The molecule has 0 aromatic rings. The highest BCUT2D eigenvalue weighted by Crippen LogP contribution is 2.33. The molecule has 4 N–H and O–H groups in total. The van der Waals surface area contributed by atoms with Crippen molar-refractivity contribution in [3.63, 3.8) is 0 Å².